The smallest absolute Gasteiger partial charge is 0.0720 e. The Morgan fingerprint density at radius 2 is 0.867 bits per heavy atom. The molecule has 3 aliphatic carbocycles. The standard InChI is InChI=1S/C59H45N/c1-57(2)49-29-14-12-27-45(49)47-37-36-41(40-56(47)57)39-48-46-28-13-15-30-50(46)59(51(48)35-20-38-60-44-25-10-5-11-26-44)54-33-18-16-31-52(54)58(42-21-6-3-7-22-42,43-23-8-4-9-24-43)53-32-17-19-34-55(53)59/h3-40,60H,1-2H3/b38-20+,48-39?,51-35+. The fourth-order valence-corrected chi connectivity index (χ4v) is 11.0. The third kappa shape index (κ3) is 5.12. The summed E-state index contributed by atoms with van der Waals surface area (Å²) in [5.41, 5.74) is 19.2. The summed E-state index contributed by atoms with van der Waals surface area (Å²) in [6, 6.07) is 76.3. The molecule has 1 heteroatoms. The van der Waals surface area contributed by atoms with E-state index in [9.17, 15) is 0 Å². The number of hydrogen-bond acceptors (Lipinski definition) is 1. The van der Waals surface area contributed by atoms with Gasteiger partial charge in [0.2, 0.25) is 0 Å². The normalized spacial score (nSPS) is 17.2. The maximum absolute atomic E-state index is 3.54. The molecule has 0 saturated heterocycles. The Morgan fingerprint density at radius 3 is 1.47 bits per heavy atom. The van der Waals surface area contributed by atoms with Crippen LogP contribution >= 0.6 is 0 Å². The number of benzene rings is 8. The molecule has 0 bridgehead atoms. The van der Waals surface area contributed by atoms with Crippen LogP contribution in [0.2, 0.25) is 0 Å². The lowest BCUT2D eigenvalue weighted by atomic mass is 9.51. The van der Waals surface area contributed by atoms with Crippen LogP contribution in [0.1, 0.15) is 75.0 Å². The summed E-state index contributed by atoms with van der Waals surface area (Å²) in [5.74, 6) is 0. The zero-order valence-corrected chi connectivity index (χ0v) is 33.9. The zero-order valence-electron chi connectivity index (χ0n) is 33.9. The van der Waals surface area contributed by atoms with Crippen molar-refractivity contribution in [2.24, 2.45) is 0 Å². The molecule has 0 aromatic heterocycles. The molecule has 0 aliphatic heterocycles. The second kappa shape index (κ2) is 14.0. The minimum atomic E-state index is -0.619. The summed E-state index contributed by atoms with van der Waals surface area (Å²) in [6.07, 6.45) is 9.11. The number of allylic oxidation sites excluding steroid dienone is 4. The van der Waals surface area contributed by atoms with Gasteiger partial charge in [-0.15, -0.1) is 0 Å². The lowest BCUT2D eigenvalue weighted by molar-refractivity contribution is 0.624. The van der Waals surface area contributed by atoms with Crippen molar-refractivity contribution >= 4 is 17.3 Å². The van der Waals surface area contributed by atoms with Gasteiger partial charge < -0.3 is 5.32 Å². The van der Waals surface area contributed by atoms with Crippen molar-refractivity contribution in [2.75, 3.05) is 5.32 Å². The molecule has 0 saturated carbocycles. The lowest BCUT2D eigenvalue weighted by Gasteiger charge is -2.50. The van der Waals surface area contributed by atoms with Gasteiger partial charge in [0, 0.05) is 17.3 Å². The van der Waals surface area contributed by atoms with Crippen LogP contribution in [0, 0.1) is 0 Å². The number of nitrogens with one attached hydrogen (secondary N) is 1. The Morgan fingerprint density at radius 1 is 0.400 bits per heavy atom. The number of anilines is 1. The van der Waals surface area contributed by atoms with Crippen molar-refractivity contribution in [2.45, 2.75) is 30.1 Å². The van der Waals surface area contributed by atoms with Gasteiger partial charge in [-0.2, -0.15) is 0 Å². The molecule has 286 valence electrons. The molecule has 60 heavy (non-hydrogen) atoms. The molecule has 0 heterocycles. The summed E-state index contributed by atoms with van der Waals surface area (Å²) >= 11 is 0. The Bertz CT molecular complexity index is 2930. The van der Waals surface area contributed by atoms with Gasteiger partial charge in [0.25, 0.3) is 0 Å². The van der Waals surface area contributed by atoms with E-state index >= 15 is 0 Å². The van der Waals surface area contributed by atoms with Gasteiger partial charge in [0.15, 0.2) is 0 Å². The first-order valence-corrected chi connectivity index (χ1v) is 21.1. The number of rotatable bonds is 6. The Hall–Kier alpha value is -7.22. The molecule has 3 aliphatic rings. The zero-order chi connectivity index (χ0) is 40.3. The van der Waals surface area contributed by atoms with E-state index in [0.29, 0.717) is 0 Å². The predicted molar refractivity (Wildman–Crippen MR) is 250 cm³/mol. The van der Waals surface area contributed by atoms with E-state index in [0.717, 1.165) is 5.69 Å². The fraction of sp³-hybridized carbons (Fsp3) is 0.0847. The molecule has 0 amide bonds. The molecule has 1 spiro atoms. The van der Waals surface area contributed by atoms with Crippen molar-refractivity contribution < 1.29 is 0 Å². The second-order valence-electron chi connectivity index (χ2n) is 16.9. The van der Waals surface area contributed by atoms with E-state index in [1.54, 1.807) is 0 Å². The molecule has 0 unspecified atom stereocenters. The van der Waals surface area contributed by atoms with Crippen LogP contribution in [-0.2, 0) is 16.2 Å². The molecular weight excluding hydrogens is 723 g/mol. The molecular formula is C59H45N. The highest BCUT2D eigenvalue weighted by atomic mass is 14.8. The first-order chi connectivity index (χ1) is 29.5. The van der Waals surface area contributed by atoms with Crippen molar-refractivity contribution in [3.05, 3.63) is 291 Å². The number of para-hydroxylation sites is 1. The maximum atomic E-state index is 3.54. The molecule has 0 fully saturated rings. The van der Waals surface area contributed by atoms with E-state index in [-0.39, 0.29) is 5.41 Å². The van der Waals surface area contributed by atoms with Gasteiger partial charge in [0.1, 0.15) is 0 Å². The molecule has 8 aromatic carbocycles. The number of hydrogen-bond donors (Lipinski definition) is 1. The highest BCUT2D eigenvalue weighted by molar-refractivity contribution is 6.03. The average molecular weight is 768 g/mol. The maximum Gasteiger partial charge on any atom is 0.0720 e. The Kier molecular flexibility index (Phi) is 8.36. The third-order valence-electron chi connectivity index (χ3n) is 13.5. The Balaban J connectivity index is 1.21. The fourth-order valence-electron chi connectivity index (χ4n) is 11.0. The van der Waals surface area contributed by atoms with Crippen LogP contribution < -0.4 is 5.32 Å². The van der Waals surface area contributed by atoms with E-state index in [4.69, 9.17) is 0 Å². The van der Waals surface area contributed by atoms with Gasteiger partial charge in [0.05, 0.1) is 10.8 Å². The minimum absolute atomic E-state index is 0.0980. The van der Waals surface area contributed by atoms with Gasteiger partial charge >= 0.3 is 0 Å². The van der Waals surface area contributed by atoms with Crippen molar-refractivity contribution in [1.29, 1.82) is 0 Å². The van der Waals surface area contributed by atoms with E-state index in [2.05, 4.69) is 250 Å². The first-order valence-electron chi connectivity index (χ1n) is 21.1. The van der Waals surface area contributed by atoms with Gasteiger partial charge in [-0.25, -0.2) is 0 Å². The van der Waals surface area contributed by atoms with E-state index in [1.807, 2.05) is 0 Å². The van der Waals surface area contributed by atoms with Crippen LogP contribution in [-0.4, -0.2) is 0 Å². The van der Waals surface area contributed by atoms with Gasteiger partial charge in [-0.05, 0) is 108 Å². The topological polar surface area (TPSA) is 12.0 Å². The highest BCUT2D eigenvalue weighted by Gasteiger charge is 2.57. The van der Waals surface area contributed by atoms with Gasteiger partial charge in [-0.1, -0.05) is 214 Å². The molecule has 0 radical (unpaired) electrons. The SMILES string of the molecule is CC1(C)c2ccccc2-c2ccc(C=C3/C(=C\C=C\Nc4ccccc4)C4(c5ccccc53)c3ccccc3C(c3ccccc3)(c3ccccc3)c3ccccc34)cc21. The van der Waals surface area contributed by atoms with Crippen LogP contribution in [0.15, 0.2) is 230 Å². The summed E-state index contributed by atoms with van der Waals surface area (Å²) in [7, 11) is 0. The van der Waals surface area contributed by atoms with Crippen molar-refractivity contribution in [3.8, 4) is 11.1 Å². The summed E-state index contributed by atoms with van der Waals surface area (Å²) in [5, 5.41) is 3.54. The summed E-state index contributed by atoms with van der Waals surface area (Å²) < 4.78 is 0. The second-order valence-corrected chi connectivity index (χ2v) is 16.9. The molecule has 0 atom stereocenters. The van der Waals surface area contributed by atoms with E-state index in [1.165, 1.54) is 83.5 Å². The predicted octanol–water partition coefficient (Wildman–Crippen LogP) is 14.1. The van der Waals surface area contributed by atoms with Crippen LogP contribution in [0.5, 0.6) is 0 Å². The van der Waals surface area contributed by atoms with Gasteiger partial charge in [-0.3, -0.25) is 0 Å². The quantitative estimate of drug-likeness (QED) is 0.178. The minimum Gasteiger partial charge on any atom is -0.362 e. The van der Waals surface area contributed by atoms with Crippen LogP contribution in [0.25, 0.3) is 22.8 Å². The van der Waals surface area contributed by atoms with Crippen LogP contribution in [0.4, 0.5) is 5.69 Å². The van der Waals surface area contributed by atoms with Crippen LogP contribution in [0.3, 0.4) is 0 Å². The molecule has 1 nitrogen and oxygen atoms in total. The third-order valence-corrected chi connectivity index (χ3v) is 13.5. The van der Waals surface area contributed by atoms with Crippen molar-refractivity contribution in [3.63, 3.8) is 0 Å². The molecule has 1 N–H and O–H groups in total. The monoisotopic (exact) mass is 767 g/mol. The summed E-state index contributed by atoms with van der Waals surface area (Å²) in [6.45, 7) is 4.73. The molecule has 8 aromatic rings. The lowest BCUT2D eigenvalue weighted by Crippen LogP contribution is -2.44. The Labute approximate surface area is 353 Å². The highest BCUT2D eigenvalue weighted by Crippen LogP contribution is 2.65. The average Bonchev–Trinajstić information content (AvgIpc) is 3.70. The first kappa shape index (κ1) is 35.9. The number of fused-ring (bicyclic) bond motifs is 9. The summed E-state index contributed by atoms with van der Waals surface area (Å²) in [4.78, 5) is 0. The largest absolute Gasteiger partial charge is 0.362 e. The van der Waals surface area contributed by atoms with Crippen molar-refractivity contribution in [1.82, 2.24) is 0 Å². The molecule has 11 rings (SSSR count). The van der Waals surface area contributed by atoms with E-state index < -0.39 is 10.8 Å².